The highest BCUT2D eigenvalue weighted by molar-refractivity contribution is 7.70. The highest BCUT2D eigenvalue weighted by Crippen LogP contribution is 2.50. The van der Waals surface area contributed by atoms with E-state index < -0.39 is 35.9 Å². The maximum absolute atomic E-state index is 13.1. The first kappa shape index (κ1) is 37.3. The van der Waals surface area contributed by atoms with Gasteiger partial charge in [-0.05, 0) is 51.7 Å². The summed E-state index contributed by atoms with van der Waals surface area (Å²) in [6.07, 6.45) is 18.6. The first-order valence-electron chi connectivity index (χ1n) is 16.5. The van der Waals surface area contributed by atoms with Gasteiger partial charge in [-0.3, -0.25) is 23.8 Å². The normalized spacial score (nSPS) is 15.2. The summed E-state index contributed by atoms with van der Waals surface area (Å²) in [4.78, 5) is 59.8. The molecule has 244 valence electrons. The fourth-order valence-electron chi connectivity index (χ4n) is 6.46. The average Bonchev–Trinajstić information content (AvgIpc) is 3.21. The summed E-state index contributed by atoms with van der Waals surface area (Å²) in [5, 5.41) is 0. The van der Waals surface area contributed by atoms with Crippen LogP contribution in [0.1, 0.15) is 158 Å². The molecule has 8 nitrogen and oxygen atoms in total. The highest BCUT2D eigenvalue weighted by atomic mass is 31.2. The summed E-state index contributed by atoms with van der Waals surface area (Å²) in [6.45, 7) is 8.07. The van der Waals surface area contributed by atoms with Gasteiger partial charge in [0, 0.05) is 24.2 Å². The van der Waals surface area contributed by atoms with Crippen LogP contribution < -0.4 is 0 Å². The molecule has 0 aromatic heterocycles. The van der Waals surface area contributed by atoms with Gasteiger partial charge >= 0.3 is 7.60 Å². The van der Waals surface area contributed by atoms with E-state index in [1.807, 2.05) is 0 Å². The van der Waals surface area contributed by atoms with E-state index in [1.54, 1.807) is 38.1 Å². The van der Waals surface area contributed by atoms with E-state index in [0.29, 0.717) is 30.8 Å². The summed E-state index contributed by atoms with van der Waals surface area (Å²) in [5.74, 6) is -0.929. The van der Waals surface area contributed by atoms with Gasteiger partial charge in [0.2, 0.25) is 5.52 Å². The van der Waals surface area contributed by atoms with Gasteiger partial charge in [-0.1, -0.05) is 109 Å². The minimum Gasteiger partial charge on any atom is -0.381 e. The van der Waals surface area contributed by atoms with Crippen LogP contribution in [0.4, 0.5) is 0 Å². The zero-order valence-electron chi connectivity index (χ0n) is 27.1. The zero-order chi connectivity index (χ0) is 31.9. The third-order valence-corrected chi connectivity index (χ3v) is 9.73. The SMILES string of the molecule is CCCCCCCCCCCCCCCCOCCCC(C)(CC(C)(C)N1C(=O)c2ccccc2C1=O)C(=O)P(=O)(O)O. The molecule has 0 spiro atoms. The zero-order valence-corrected chi connectivity index (χ0v) is 28.0. The molecule has 0 fully saturated rings. The summed E-state index contributed by atoms with van der Waals surface area (Å²) in [6, 6.07) is 6.53. The van der Waals surface area contributed by atoms with Gasteiger partial charge in [0.15, 0.2) is 0 Å². The van der Waals surface area contributed by atoms with Crippen LogP contribution >= 0.6 is 7.60 Å². The summed E-state index contributed by atoms with van der Waals surface area (Å²) >= 11 is 0. The van der Waals surface area contributed by atoms with Crippen LogP contribution in [0.3, 0.4) is 0 Å². The predicted octanol–water partition coefficient (Wildman–Crippen LogP) is 8.44. The summed E-state index contributed by atoms with van der Waals surface area (Å²) in [7, 11) is -5.05. The molecule has 2 amide bonds. The van der Waals surface area contributed by atoms with E-state index in [9.17, 15) is 28.7 Å². The lowest BCUT2D eigenvalue weighted by atomic mass is 9.75. The van der Waals surface area contributed by atoms with Crippen molar-refractivity contribution in [1.29, 1.82) is 0 Å². The van der Waals surface area contributed by atoms with Gasteiger partial charge in [-0.15, -0.1) is 0 Å². The van der Waals surface area contributed by atoms with Crippen molar-refractivity contribution in [3.05, 3.63) is 35.4 Å². The van der Waals surface area contributed by atoms with Crippen LogP contribution in [0.25, 0.3) is 0 Å². The molecule has 1 aromatic carbocycles. The van der Waals surface area contributed by atoms with E-state index in [1.165, 1.54) is 84.0 Å². The van der Waals surface area contributed by atoms with Crippen LogP contribution in [0.2, 0.25) is 0 Å². The van der Waals surface area contributed by atoms with Gasteiger partial charge in [-0.2, -0.15) is 0 Å². The molecular formula is C34H56NO7P. The molecule has 1 aliphatic rings. The second-order valence-corrected chi connectivity index (χ2v) is 14.7. The Balaban J connectivity index is 1.71. The molecule has 0 saturated heterocycles. The second-order valence-electron chi connectivity index (χ2n) is 13.2. The molecule has 0 aliphatic carbocycles. The average molecular weight is 622 g/mol. The molecule has 1 aromatic rings. The minimum atomic E-state index is -5.05. The van der Waals surface area contributed by atoms with Crippen molar-refractivity contribution in [2.75, 3.05) is 13.2 Å². The fraction of sp³-hybridized carbons (Fsp3) is 0.735. The van der Waals surface area contributed by atoms with Gasteiger partial charge in [0.25, 0.3) is 11.8 Å². The van der Waals surface area contributed by atoms with Crippen LogP contribution in [0.15, 0.2) is 24.3 Å². The van der Waals surface area contributed by atoms with Crippen molar-refractivity contribution in [3.63, 3.8) is 0 Å². The number of fused-ring (bicyclic) bond motifs is 1. The van der Waals surface area contributed by atoms with Crippen molar-refractivity contribution in [2.24, 2.45) is 5.41 Å². The number of hydrogen-bond donors (Lipinski definition) is 2. The van der Waals surface area contributed by atoms with Crippen LogP contribution in [-0.2, 0) is 14.1 Å². The number of carbonyl (C=O) groups excluding carboxylic acids is 3. The minimum absolute atomic E-state index is 0.0750. The largest absolute Gasteiger partial charge is 0.392 e. The smallest absolute Gasteiger partial charge is 0.381 e. The third kappa shape index (κ3) is 11.9. The molecule has 1 unspecified atom stereocenters. The number of ether oxygens (including phenoxy) is 1. The van der Waals surface area contributed by atoms with E-state index in [0.717, 1.165) is 17.7 Å². The fourth-order valence-corrected chi connectivity index (χ4v) is 7.35. The number of unbranched alkanes of at least 4 members (excludes halogenated alkanes) is 13. The molecule has 9 heteroatoms. The molecule has 1 heterocycles. The molecular weight excluding hydrogens is 565 g/mol. The number of rotatable bonds is 24. The maximum atomic E-state index is 13.1. The predicted molar refractivity (Wildman–Crippen MR) is 171 cm³/mol. The highest BCUT2D eigenvalue weighted by Gasteiger charge is 2.51. The quantitative estimate of drug-likeness (QED) is 0.0675. The topological polar surface area (TPSA) is 121 Å². The lowest BCUT2D eigenvalue weighted by molar-refractivity contribution is -0.124. The van der Waals surface area contributed by atoms with Crippen molar-refractivity contribution in [1.82, 2.24) is 4.90 Å². The Morgan fingerprint density at radius 2 is 1.16 bits per heavy atom. The lowest BCUT2D eigenvalue weighted by Crippen LogP contribution is -2.51. The monoisotopic (exact) mass is 621 g/mol. The van der Waals surface area contributed by atoms with Crippen molar-refractivity contribution >= 4 is 24.9 Å². The van der Waals surface area contributed by atoms with E-state index >= 15 is 0 Å². The lowest BCUT2D eigenvalue weighted by Gasteiger charge is -2.41. The number of nitrogens with zero attached hydrogens (tertiary/aromatic N) is 1. The van der Waals surface area contributed by atoms with E-state index in [4.69, 9.17) is 4.74 Å². The van der Waals surface area contributed by atoms with Gasteiger partial charge in [-0.25, -0.2) is 0 Å². The van der Waals surface area contributed by atoms with Crippen molar-refractivity contribution in [3.8, 4) is 0 Å². The van der Waals surface area contributed by atoms with Gasteiger partial charge < -0.3 is 14.5 Å². The van der Waals surface area contributed by atoms with E-state index in [2.05, 4.69) is 6.92 Å². The van der Waals surface area contributed by atoms with Crippen LogP contribution in [0, 0.1) is 5.41 Å². The van der Waals surface area contributed by atoms with Crippen LogP contribution in [-0.4, -0.2) is 50.8 Å². The first-order chi connectivity index (χ1) is 20.3. The summed E-state index contributed by atoms with van der Waals surface area (Å²) in [5.41, 5.74) is -3.18. The Hall–Kier alpha value is -1.86. The number of amides is 2. The Bertz CT molecular complexity index is 1050. The first-order valence-corrected chi connectivity index (χ1v) is 18.1. The molecule has 1 atom stereocenters. The number of imide groups is 1. The third-order valence-electron chi connectivity index (χ3n) is 8.66. The maximum Gasteiger partial charge on any atom is 0.392 e. The molecule has 0 radical (unpaired) electrons. The standard InChI is InChI=1S/C34H56NO7P/c1-5-6-7-8-9-10-11-12-13-14-15-16-17-20-25-42-26-21-24-34(4,32(38)43(39,40)41)27-33(2,3)35-30(36)28-22-18-19-23-29(28)31(35)37/h18-19,22-23H,5-17,20-21,24-27H2,1-4H3,(H2,39,40,41). The molecule has 2 rings (SSSR count). The second kappa shape index (κ2) is 18.2. The van der Waals surface area contributed by atoms with E-state index in [-0.39, 0.29) is 12.8 Å². The van der Waals surface area contributed by atoms with Gasteiger partial charge in [0.1, 0.15) is 0 Å². The number of hydrogen-bond acceptors (Lipinski definition) is 5. The molecule has 1 aliphatic heterocycles. The van der Waals surface area contributed by atoms with Crippen molar-refractivity contribution < 1.29 is 33.5 Å². The molecule has 43 heavy (non-hydrogen) atoms. The Labute approximate surface area is 259 Å². The Morgan fingerprint density at radius 1 is 0.744 bits per heavy atom. The molecule has 2 N–H and O–H groups in total. The number of carbonyl (C=O) groups is 3. The number of benzene rings is 1. The van der Waals surface area contributed by atoms with Gasteiger partial charge in [0.05, 0.1) is 11.1 Å². The van der Waals surface area contributed by atoms with Crippen molar-refractivity contribution in [2.45, 2.75) is 142 Å². The Morgan fingerprint density at radius 3 is 1.60 bits per heavy atom. The summed E-state index contributed by atoms with van der Waals surface area (Å²) < 4.78 is 17.8. The molecule has 0 bridgehead atoms. The molecule has 0 saturated carbocycles. The Kier molecular flexibility index (Phi) is 15.8. The van der Waals surface area contributed by atoms with Crippen LogP contribution in [0.5, 0.6) is 0 Å².